The molecule has 5 aromatic rings. The zero-order chi connectivity index (χ0) is 21.4. The number of aromatic nitrogens is 5. The minimum absolute atomic E-state index is 0.0752. The van der Waals surface area contributed by atoms with E-state index in [1.807, 2.05) is 61.5 Å². The van der Waals surface area contributed by atoms with Gasteiger partial charge in [0.05, 0.1) is 11.4 Å². The average Bonchev–Trinajstić information content (AvgIpc) is 3.36. The molecule has 3 aromatic heterocycles. The Kier molecular flexibility index (Phi) is 5.00. The smallest absolute Gasteiger partial charge is 0.283 e. The lowest BCUT2D eigenvalue weighted by Gasteiger charge is -2.11. The van der Waals surface area contributed by atoms with E-state index in [1.165, 1.54) is 27.7 Å². The highest BCUT2D eigenvalue weighted by Crippen LogP contribution is 2.26. The fraction of sp³-hybridized carbons (Fsp3) is 0.0952. The van der Waals surface area contributed by atoms with E-state index >= 15 is 0 Å². The van der Waals surface area contributed by atoms with Crippen molar-refractivity contribution in [3.63, 3.8) is 0 Å². The third-order valence-corrected chi connectivity index (χ3v) is 6.31. The van der Waals surface area contributed by atoms with Gasteiger partial charge in [0, 0.05) is 10.9 Å². The molecule has 0 unspecified atom stereocenters. The summed E-state index contributed by atoms with van der Waals surface area (Å²) < 4.78 is 1.53. The van der Waals surface area contributed by atoms with Crippen molar-refractivity contribution in [2.45, 2.75) is 12.1 Å². The minimum atomic E-state index is -0.242. The van der Waals surface area contributed by atoms with E-state index in [4.69, 9.17) is 4.98 Å². The summed E-state index contributed by atoms with van der Waals surface area (Å²) in [5.41, 5.74) is 2.34. The summed E-state index contributed by atoms with van der Waals surface area (Å²) in [5.74, 6) is -0.166. The summed E-state index contributed by atoms with van der Waals surface area (Å²) in [4.78, 5) is 33.8. The van der Waals surface area contributed by atoms with Crippen LogP contribution in [0, 0.1) is 6.92 Å². The number of anilines is 1. The normalized spacial score (nSPS) is 11.3. The molecule has 0 saturated heterocycles. The number of aryl methyl sites for hydroxylation is 1. The third-order valence-electron chi connectivity index (χ3n) is 4.61. The Morgan fingerprint density at radius 3 is 2.68 bits per heavy atom. The molecule has 0 fully saturated rings. The van der Waals surface area contributed by atoms with Crippen molar-refractivity contribution in [2.24, 2.45) is 0 Å². The number of nitrogens with one attached hydrogen (secondary N) is 2. The number of H-pyrrole nitrogens is 1. The summed E-state index contributed by atoms with van der Waals surface area (Å²) in [6, 6.07) is 16.9. The number of aromatic amines is 1. The van der Waals surface area contributed by atoms with Gasteiger partial charge in [0.15, 0.2) is 5.16 Å². The molecular formula is C21H16N6O2S2. The Bertz CT molecular complexity index is 1470. The van der Waals surface area contributed by atoms with E-state index in [1.54, 1.807) is 0 Å². The molecule has 10 heteroatoms. The van der Waals surface area contributed by atoms with Gasteiger partial charge >= 0.3 is 0 Å². The number of carbonyl (C=O) groups excluding carboxylic acids is 1. The second-order valence-electron chi connectivity index (χ2n) is 6.73. The highest BCUT2D eigenvalue weighted by atomic mass is 32.2. The lowest BCUT2D eigenvalue weighted by molar-refractivity contribution is -0.113. The quantitative estimate of drug-likeness (QED) is 0.313. The maximum absolute atomic E-state index is 13.4. The zero-order valence-corrected chi connectivity index (χ0v) is 18.0. The number of carbonyl (C=O) groups is 1. The molecule has 8 nitrogen and oxygen atoms in total. The van der Waals surface area contributed by atoms with Gasteiger partial charge in [0.2, 0.25) is 11.0 Å². The molecule has 2 N–H and O–H groups in total. The SMILES string of the molecule is Cc1nnc(NC(=O)CSc2nc3c([nH]c4ccccc43)c(=O)n2-c2ccccc2)s1. The predicted molar refractivity (Wildman–Crippen MR) is 123 cm³/mol. The van der Waals surface area contributed by atoms with Gasteiger partial charge < -0.3 is 4.98 Å². The number of hydrogen-bond acceptors (Lipinski definition) is 7. The van der Waals surface area contributed by atoms with Crippen molar-refractivity contribution in [2.75, 3.05) is 11.1 Å². The van der Waals surface area contributed by atoms with Crippen LogP contribution in [0.25, 0.3) is 27.6 Å². The molecule has 1 amide bonds. The third kappa shape index (κ3) is 3.71. The monoisotopic (exact) mass is 448 g/mol. The molecular weight excluding hydrogens is 432 g/mol. The maximum atomic E-state index is 13.4. The number of benzene rings is 2. The van der Waals surface area contributed by atoms with Crippen LogP contribution in [0.5, 0.6) is 0 Å². The van der Waals surface area contributed by atoms with Crippen LogP contribution in [-0.4, -0.2) is 36.4 Å². The molecule has 0 radical (unpaired) electrons. The van der Waals surface area contributed by atoms with Crippen LogP contribution in [0.15, 0.2) is 64.5 Å². The molecule has 154 valence electrons. The molecule has 0 aliphatic carbocycles. The Balaban J connectivity index is 1.57. The fourth-order valence-electron chi connectivity index (χ4n) is 3.28. The van der Waals surface area contributed by atoms with Crippen LogP contribution < -0.4 is 10.9 Å². The van der Waals surface area contributed by atoms with Gasteiger partial charge in [-0.15, -0.1) is 10.2 Å². The second kappa shape index (κ2) is 7.97. The number of thioether (sulfide) groups is 1. The van der Waals surface area contributed by atoms with Crippen molar-refractivity contribution in [1.82, 2.24) is 24.7 Å². The number of para-hydroxylation sites is 2. The Morgan fingerprint density at radius 1 is 1.13 bits per heavy atom. The highest BCUT2D eigenvalue weighted by molar-refractivity contribution is 7.99. The van der Waals surface area contributed by atoms with Gasteiger partial charge in [-0.3, -0.25) is 19.5 Å². The maximum Gasteiger partial charge on any atom is 0.283 e. The molecule has 0 spiro atoms. The second-order valence-corrected chi connectivity index (χ2v) is 8.85. The van der Waals surface area contributed by atoms with Crippen LogP contribution in [0.4, 0.5) is 5.13 Å². The van der Waals surface area contributed by atoms with Crippen LogP contribution in [0.1, 0.15) is 5.01 Å². The number of rotatable bonds is 5. The summed E-state index contributed by atoms with van der Waals surface area (Å²) in [6.07, 6.45) is 0. The largest absolute Gasteiger partial charge is 0.349 e. The van der Waals surface area contributed by atoms with Gasteiger partial charge in [0.1, 0.15) is 16.0 Å². The molecule has 5 rings (SSSR count). The number of hydrogen-bond donors (Lipinski definition) is 2. The van der Waals surface area contributed by atoms with Gasteiger partial charge in [-0.2, -0.15) is 0 Å². The van der Waals surface area contributed by atoms with Gasteiger partial charge in [-0.05, 0) is 25.1 Å². The summed E-state index contributed by atoms with van der Waals surface area (Å²) in [7, 11) is 0. The van der Waals surface area contributed by atoms with Crippen molar-refractivity contribution in [3.05, 3.63) is 70.0 Å². The van der Waals surface area contributed by atoms with Gasteiger partial charge in [-0.25, -0.2) is 4.98 Å². The van der Waals surface area contributed by atoms with E-state index in [0.29, 0.717) is 27.0 Å². The zero-order valence-electron chi connectivity index (χ0n) is 16.3. The first-order chi connectivity index (χ1) is 15.1. The van der Waals surface area contributed by atoms with Gasteiger partial charge in [-0.1, -0.05) is 59.5 Å². The highest BCUT2D eigenvalue weighted by Gasteiger charge is 2.18. The first-order valence-corrected chi connectivity index (χ1v) is 11.2. The van der Waals surface area contributed by atoms with E-state index in [2.05, 4.69) is 20.5 Å². The summed E-state index contributed by atoms with van der Waals surface area (Å²) in [5, 5.41) is 13.1. The lowest BCUT2D eigenvalue weighted by Crippen LogP contribution is -2.23. The van der Waals surface area contributed by atoms with E-state index in [-0.39, 0.29) is 17.2 Å². The fourth-order valence-corrected chi connectivity index (χ4v) is 4.69. The molecule has 0 saturated carbocycles. The molecule has 2 aromatic carbocycles. The van der Waals surface area contributed by atoms with Gasteiger partial charge in [0.25, 0.3) is 5.56 Å². The predicted octanol–water partition coefficient (Wildman–Crippen LogP) is 3.76. The van der Waals surface area contributed by atoms with Crippen molar-refractivity contribution >= 4 is 56.1 Å². The lowest BCUT2D eigenvalue weighted by atomic mass is 10.2. The number of nitrogens with zero attached hydrogens (tertiary/aromatic N) is 4. The van der Waals surface area contributed by atoms with E-state index in [0.717, 1.165) is 15.9 Å². The standard InChI is InChI=1S/C21H16N6O2S2/c1-12-25-26-20(31-12)23-16(28)11-30-21-24-17-14-9-5-6-10-15(14)22-18(17)19(29)27(21)13-7-3-2-4-8-13/h2-10,22H,11H2,1H3,(H,23,26,28). The van der Waals surface area contributed by atoms with Crippen LogP contribution in [0.3, 0.4) is 0 Å². The summed E-state index contributed by atoms with van der Waals surface area (Å²) >= 11 is 2.51. The van der Waals surface area contributed by atoms with Crippen molar-refractivity contribution < 1.29 is 4.79 Å². The summed E-state index contributed by atoms with van der Waals surface area (Å²) in [6.45, 7) is 1.82. The Labute approximate surface area is 184 Å². The van der Waals surface area contributed by atoms with Crippen molar-refractivity contribution in [3.8, 4) is 5.69 Å². The minimum Gasteiger partial charge on any atom is -0.349 e. The average molecular weight is 449 g/mol. The molecule has 0 atom stereocenters. The molecule has 0 bridgehead atoms. The first-order valence-electron chi connectivity index (χ1n) is 9.42. The van der Waals surface area contributed by atoms with E-state index < -0.39 is 0 Å². The van der Waals surface area contributed by atoms with Crippen LogP contribution >= 0.6 is 23.1 Å². The molecule has 0 aliphatic heterocycles. The van der Waals surface area contributed by atoms with Crippen molar-refractivity contribution in [1.29, 1.82) is 0 Å². The van der Waals surface area contributed by atoms with E-state index in [9.17, 15) is 9.59 Å². The van der Waals surface area contributed by atoms with Crippen LogP contribution in [-0.2, 0) is 4.79 Å². The Hall–Kier alpha value is -3.50. The number of amides is 1. The topological polar surface area (TPSA) is 106 Å². The molecule has 0 aliphatic rings. The molecule has 31 heavy (non-hydrogen) atoms. The Morgan fingerprint density at radius 2 is 1.90 bits per heavy atom. The van der Waals surface area contributed by atoms with Crippen LogP contribution in [0.2, 0.25) is 0 Å². The number of fused-ring (bicyclic) bond motifs is 3. The molecule has 3 heterocycles. The first kappa shape index (κ1) is 19.5.